The summed E-state index contributed by atoms with van der Waals surface area (Å²) in [6.45, 7) is -0.252. The van der Waals surface area contributed by atoms with Crippen LogP contribution in [0.2, 0.25) is 5.02 Å². The highest BCUT2D eigenvalue weighted by Crippen LogP contribution is 2.33. The summed E-state index contributed by atoms with van der Waals surface area (Å²) in [5.74, 6) is -0.982. The van der Waals surface area contributed by atoms with E-state index < -0.39 is 5.97 Å². The molecule has 23 heavy (non-hydrogen) atoms. The fourth-order valence-corrected chi connectivity index (χ4v) is 3.22. The number of anilines is 1. The molecule has 0 saturated heterocycles. The first-order valence-corrected chi connectivity index (χ1v) is 7.42. The first-order chi connectivity index (χ1) is 10.9. The zero-order valence-electron chi connectivity index (χ0n) is 12.7. The maximum atomic E-state index is 12.8. The summed E-state index contributed by atoms with van der Waals surface area (Å²) >= 11 is 6.31. The van der Waals surface area contributed by atoms with Gasteiger partial charge in [0.25, 0.3) is 0 Å². The SMILES string of the molecule is CN(C)c1c(Cl)ccc2c(=O)c3ccccc3n(CC(=O)O)c12. The van der Waals surface area contributed by atoms with E-state index in [1.54, 1.807) is 45.9 Å². The van der Waals surface area contributed by atoms with Crippen molar-refractivity contribution in [3.05, 3.63) is 51.6 Å². The Morgan fingerprint density at radius 2 is 1.87 bits per heavy atom. The Balaban J connectivity index is 2.64. The summed E-state index contributed by atoms with van der Waals surface area (Å²) in [7, 11) is 3.62. The van der Waals surface area contributed by atoms with Gasteiger partial charge in [-0.2, -0.15) is 0 Å². The van der Waals surface area contributed by atoms with E-state index in [4.69, 9.17) is 11.6 Å². The number of carboxylic acids is 1. The molecule has 0 amide bonds. The molecule has 6 heteroatoms. The van der Waals surface area contributed by atoms with E-state index in [2.05, 4.69) is 0 Å². The second-order valence-electron chi connectivity index (χ2n) is 5.51. The van der Waals surface area contributed by atoms with Crippen LogP contribution in [-0.4, -0.2) is 29.7 Å². The van der Waals surface area contributed by atoms with E-state index in [9.17, 15) is 14.7 Å². The van der Waals surface area contributed by atoms with Gasteiger partial charge in [-0.15, -0.1) is 0 Å². The van der Waals surface area contributed by atoms with Gasteiger partial charge in [0.1, 0.15) is 6.54 Å². The fraction of sp³-hybridized carbons (Fsp3) is 0.176. The molecular weight excluding hydrogens is 316 g/mol. The second kappa shape index (κ2) is 5.59. The summed E-state index contributed by atoms with van der Waals surface area (Å²) in [5, 5.41) is 10.7. The van der Waals surface area contributed by atoms with Gasteiger partial charge < -0.3 is 14.6 Å². The number of aromatic nitrogens is 1. The molecule has 0 atom stereocenters. The Morgan fingerprint density at radius 3 is 2.52 bits per heavy atom. The highest BCUT2D eigenvalue weighted by Gasteiger charge is 2.18. The number of fused-ring (bicyclic) bond motifs is 2. The molecule has 0 unspecified atom stereocenters. The Bertz CT molecular complexity index is 992. The topological polar surface area (TPSA) is 62.5 Å². The Hall–Kier alpha value is -2.53. The molecule has 0 radical (unpaired) electrons. The van der Waals surface area contributed by atoms with E-state index in [1.165, 1.54) is 0 Å². The third kappa shape index (κ3) is 2.43. The van der Waals surface area contributed by atoms with Crippen molar-refractivity contribution in [3.63, 3.8) is 0 Å². The lowest BCUT2D eigenvalue weighted by atomic mass is 10.1. The van der Waals surface area contributed by atoms with Crippen LogP contribution in [0.3, 0.4) is 0 Å². The third-order valence-electron chi connectivity index (χ3n) is 3.80. The molecule has 0 bridgehead atoms. The lowest BCUT2D eigenvalue weighted by Crippen LogP contribution is -2.19. The maximum Gasteiger partial charge on any atom is 0.323 e. The lowest BCUT2D eigenvalue weighted by molar-refractivity contribution is -0.137. The molecule has 1 aromatic heterocycles. The van der Waals surface area contributed by atoms with Crippen molar-refractivity contribution < 1.29 is 9.90 Å². The summed E-state index contributed by atoms with van der Waals surface area (Å²) in [4.78, 5) is 25.9. The summed E-state index contributed by atoms with van der Waals surface area (Å²) < 4.78 is 1.63. The van der Waals surface area contributed by atoms with E-state index in [0.717, 1.165) is 0 Å². The largest absolute Gasteiger partial charge is 0.480 e. The molecule has 2 aromatic carbocycles. The first kappa shape index (κ1) is 15.4. The van der Waals surface area contributed by atoms with E-state index in [-0.39, 0.29) is 12.0 Å². The second-order valence-corrected chi connectivity index (χ2v) is 5.92. The molecule has 0 aliphatic carbocycles. The molecule has 5 nitrogen and oxygen atoms in total. The standard InChI is InChI=1S/C17H15ClN2O3/c1-19(2)16-12(18)8-7-11-15(16)20(9-14(21)22)13-6-4-3-5-10(13)17(11)23/h3-8H,9H2,1-2H3,(H,21,22). The van der Waals surface area contributed by atoms with Gasteiger partial charge in [0.15, 0.2) is 5.43 Å². The predicted molar refractivity (Wildman–Crippen MR) is 92.7 cm³/mol. The van der Waals surface area contributed by atoms with Crippen molar-refractivity contribution in [1.29, 1.82) is 0 Å². The predicted octanol–water partition coefficient (Wildman–Crippen LogP) is 2.96. The van der Waals surface area contributed by atoms with Crippen LogP contribution in [0.5, 0.6) is 0 Å². The van der Waals surface area contributed by atoms with Crippen LogP contribution < -0.4 is 10.3 Å². The van der Waals surface area contributed by atoms with Crippen molar-refractivity contribution in [1.82, 2.24) is 4.57 Å². The normalized spacial score (nSPS) is 11.1. The minimum atomic E-state index is -0.982. The molecule has 3 rings (SSSR count). The molecule has 0 saturated carbocycles. The quantitative estimate of drug-likeness (QED) is 0.750. The van der Waals surface area contributed by atoms with Crippen molar-refractivity contribution in [2.45, 2.75) is 6.54 Å². The molecule has 3 aromatic rings. The van der Waals surface area contributed by atoms with Crippen LogP contribution in [0.1, 0.15) is 0 Å². The van der Waals surface area contributed by atoms with Gasteiger partial charge in [0.2, 0.25) is 0 Å². The number of benzene rings is 2. The van der Waals surface area contributed by atoms with Gasteiger partial charge in [0.05, 0.1) is 21.7 Å². The number of hydrogen-bond donors (Lipinski definition) is 1. The van der Waals surface area contributed by atoms with Crippen LogP contribution in [0.25, 0.3) is 21.8 Å². The average molecular weight is 331 g/mol. The molecule has 0 spiro atoms. The molecular formula is C17H15ClN2O3. The summed E-state index contributed by atoms with van der Waals surface area (Å²) in [5.41, 5.74) is 1.62. The monoisotopic (exact) mass is 330 g/mol. The molecule has 0 aliphatic rings. The van der Waals surface area contributed by atoms with Crippen molar-refractivity contribution in [2.24, 2.45) is 0 Å². The highest BCUT2D eigenvalue weighted by molar-refractivity contribution is 6.35. The molecule has 0 fully saturated rings. The number of carboxylic acid groups (broad SMARTS) is 1. The van der Waals surface area contributed by atoms with Crippen molar-refractivity contribution >= 4 is 45.1 Å². The van der Waals surface area contributed by atoms with Gasteiger partial charge in [-0.1, -0.05) is 23.7 Å². The zero-order valence-corrected chi connectivity index (χ0v) is 13.5. The number of nitrogens with zero attached hydrogens (tertiary/aromatic N) is 2. The minimum Gasteiger partial charge on any atom is -0.480 e. The van der Waals surface area contributed by atoms with Gasteiger partial charge in [-0.3, -0.25) is 9.59 Å². The van der Waals surface area contributed by atoms with Gasteiger partial charge in [-0.25, -0.2) is 0 Å². The third-order valence-corrected chi connectivity index (χ3v) is 4.10. The molecule has 0 aliphatic heterocycles. The van der Waals surface area contributed by atoms with Crippen molar-refractivity contribution in [2.75, 3.05) is 19.0 Å². The Morgan fingerprint density at radius 1 is 1.17 bits per heavy atom. The maximum absolute atomic E-state index is 12.8. The minimum absolute atomic E-state index is 0.128. The van der Waals surface area contributed by atoms with Crippen molar-refractivity contribution in [3.8, 4) is 0 Å². The summed E-state index contributed by atoms with van der Waals surface area (Å²) in [6.07, 6.45) is 0. The average Bonchev–Trinajstić information content (AvgIpc) is 2.50. The van der Waals surface area contributed by atoms with Crippen LogP contribution in [0.4, 0.5) is 5.69 Å². The van der Waals surface area contributed by atoms with Gasteiger partial charge in [0, 0.05) is 24.9 Å². The Labute approximate surface area is 137 Å². The van der Waals surface area contributed by atoms with Gasteiger partial charge >= 0.3 is 5.97 Å². The fourth-order valence-electron chi connectivity index (χ4n) is 2.90. The van der Waals surface area contributed by atoms with Gasteiger partial charge in [-0.05, 0) is 24.3 Å². The first-order valence-electron chi connectivity index (χ1n) is 7.04. The highest BCUT2D eigenvalue weighted by atomic mass is 35.5. The van der Waals surface area contributed by atoms with E-state index in [1.807, 2.05) is 14.1 Å². The smallest absolute Gasteiger partial charge is 0.323 e. The molecule has 118 valence electrons. The van der Waals surface area contributed by atoms with E-state index in [0.29, 0.717) is 32.5 Å². The van der Waals surface area contributed by atoms with Crippen LogP contribution in [-0.2, 0) is 11.3 Å². The number of hydrogen-bond acceptors (Lipinski definition) is 3. The van der Waals surface area contributed by atoms with Crippen LogP contribution in [0.15, 0.2) is 41.2 Å². The number of rotatable bonds is 3. The lowest BCUT2D eigenvalue weighted by Gasteiger charge is -2.21. The number of aliphatic carboxylic acids is 1. The number of halogens is 1. The number of pyridine rings is 1. The van der Waals surface area contributed by atoms with Crippen LogP contribution >= 0.6 is 11.6 Å². The number of para-hydroxylation sites is 1. The Kier molecular flexibility index (Phi) is 3.74. The molecule has 1 N–H and O–H groups in total. The molecule has 1 heterocycles. The zero-order chi connectivity index (χ0) is 16.7. The summed E-state index contributed by atoms with van der Waals surface area (Å²) in [6, 6.07) is 10.3. The van der Waals surface area contributed by atoms with E-state index >= 15 is 0 Å². The number of carbonyl (C=O) groups is 1. The van der Waals surface area contributed by atoms with Crippen LogP contribution in [0, 0.1) is 0 Å².